The number of piperidine rings is 1. The van der Waals surface area contributed by atoms with Crippen molar-refractivity contribution in [1.82, 2.24) is 20.0 Å². The predicted molar refractivity (Wildman–Crippen MR) is 119 cm³/mol. The number of hydrogen-bond donors (Lipinski definition) is 3. The van der Waals surface area contributed by atoms with Gasteiger partial charge in [-0.2, -0.15) is 5.10 Å². The number of likely N-dealkylation sites (tertiary alicyclic amines) is 1. The lowest BCUT2D eigenvalue weighted by Gasteiger charge is -2.33. The minimum absolute atomic E-state index is 0.0681. The van der Waals surface area contributed by atoms with Gasteiger partial charge in [0, 0.05) is 31.7 Å². The summed E-state index contributed by atoms with van der Waals surface area (Å²) < 4.78 is 7.14. The first-order valence-corrected chi connectivity index (χ1v) is 12.1. The summed E-state index contributed by atoms with van der Waals surface area (Å²) in [5.74, 6) is 0.544. The molecule has 0 aromatic carbocycles. The third-order valence-electron chi connectivity index (χ3n) is 7.19. The van der Waals surface area contributed by atoms with E-state index in [4.69, 9.17) is 4.74 Å². The average molecular weight is 446 g/mol. The van der Waals surface area contributed by atoms with E-state index in [1.807, 2.05) is 0 Å². The van der Waals surface area contributed by atoms with Crippen LogP contribution in [0.5, 0.6) is 0 Å². The summed E-state index contributed by atoms with van der Waals surface area (Å²) in [6, 6.07) is 1.72. The van der Waals surface area contributed by atoms with Crippen molar-refractivity contribution in [2.24, 2.45) is 11.8 Å². The highest BCUT2D eigenvalue weighted by Gasteiger charge is 2.33. The van der Waals surface area contributed by atoms with Gasteiger partial charge < -0.3 is 25.0 Å². The van der Waals surface area contributed by atoms with E-state index in [-0.39, 0.29) is 41.3 Å². The zero-order valence-electron chi connectivity index (χ0n) is 18.9. The van der Waals surface area contributed by atoms with Gasteiger partial charge in [-0.3, -0.25) is 9.59 Å². The summed E-state index contributed by atoms with van der Waals surface area (Å²) in [4.78, 5) is 27.4. The minimum Gasteiger partial charge on any atom is -0.422 e. The Hall–Kier alpha value is -1.91. The van der Waals surface area contributed by atoms with E-state index in [9.17, 15) is 19.6 Å². The maximum Gasteiger partial charge on any atom is 0.507 e. The number of ether oxygens (including phenoxy) is 1. The summed E-state index contributed by atoms with van der Waals surface area (Å²) in [7, 11) is -1.73. The Kier molecular flexibility index (Phi) is 7.53. The van der Waals surface area contributed by atoms with E-state index in [1.165, 1.54) is 23.6 Å². The van der Waals surface area contributed by atoms with E-state index in [0.717, 1.165) is 38.0 Å². The van der Waals surface area contributed by atoms with Crippen molar-refractivity contribution in [3.63, 3.8) is 0 Å². The molecule has 2 amide bonds. The third kappa shape index (κ3) is 5.35. The van der Waals surface area contributed by atoms with Crippen LogP contribution in [0.4, 0.5) is 0 Å². The average Bonchev–Trinajstić information content (AvgIpc) is 3.27. The molecule has 0 spiro atoms. The molecule has 10 heteroatoms. The van der Waals surface area contributed by atoms with E-state index in [1.54, 1.807) is 4.90 Å². The number of nitrogens with zero attached hydrogens (tertiary/aromatic N) is 3. The minimum atomic E-state index is -1.73. The maximum absolute atomic E-state index is 13.0. The standard InChI is InChI=1S/C22H35BN4O5/c1-15-5-7-17(8-6-15)24-21(28)16-9-11-26(12-10-16)22(29)18-14-19(23(30)31)27(25-18)20-4-2-3-13-32-20/h14-17,20,30-31H,2-13H2,1H3,(H,24,28). The lowest BCUT2D eigenvalue weighted by Crippen LogP contribution is -2.46. The normalized spacial score (nSPS) is 27.2. The smallest absolute Gasteiger partial charge is 0.422 e. The first kappa shape index (κ1) is 23.3. The Balaban J connectivity index is 1.33. The Labute approximate surface area is 189 Å². The Morgan fingerprint density at radius 2 is 1.81 bits per heavy atom. The molecule has 1 saturated carbocycles. The van der Waals surface area contributed by atoms with Crippen LogP contribution in [0.1, 0.15) is 81.4 Å². The molecule has 4 rings (SSSR count). The van der Waals surface area contributed by atoms with E-state index >= 15 is 0 Å². The predicted octanol–water partition coefficient (Wildman–Crippen LogP) is 0.809. The SMILES string of the molecule is CC1CCC(NC(=O)C2CCN(C(=O)c3cc(B(O)O)n(C4CCCCO4)n3)CC2)CC1. The molecule has 3 aliphatic rings. The van der Waals surface area contributed by atoms with Gasteiger partial charge in [0.1, 0.15) is 11.9 Å². The molecule has 0 radical (unpaired) electrons. The number of rotatable bonds is 5. The van der Waals surface area contributed by atoms with Crippen molar-refractivity contribution in [1.29, 1.82) is 0 Å². The number of carbonyl (C=O) groups excluding carboxylic acids is 2. The second kappa shape index (κ2) is 10.4. The Morgan fingerprint density at radius 3 is 2.44 bits per heavy atom. The Bertz CT molecular complexity index is 794. The van der Waals surface area contributed by atoms with Crippen molar-refractivity contribution in [3.05, 3.63) is 11.8 Å². The van der Waals surface area contributed by atoms with E-state index in [2.05, 4.69) is 17.3 Å². The zero-order valence-corrected chi connectivity index (χ0v) is 18.9. The lowest BCUT2D eigenvalue weighted by molar-refractivity contribution is -0.127. The molecule has 176 valence electrons. The molecule has 1 aromatic heterocycles. The first-order chi connectivity index (χ1) is 15.4. The van der Waals surface area contributed by atoms with Gasteiger partial charge >= 0.3 is 7.12 Å². The van der Waals surface area contributed by atoms with E-state index < -0.39 is 7.12 Å². The molecule has 2 aliphatic heterocycles. The monoisotopic (exact) mass is 446 g/mol. The molecule has 0 bridgehead atoms. The molecular weight excluding hydrogens is 411 g/mol. The van der Waals surface area contributed by atoms with Crippen LogP contribution in [0, 0.1) is 11.8 Å². The van der Waals surface area contributed by atoms with Crippen LogP contribution >= 0.6 is 0 Å². The molecule has 1 aromatic rings. The summed E-state index contributed by atoms with van der Waals surface area (Å²) in [6.07, 6.45) is 7.95. The molecule has 2 saturated heterocycles. The first-order valence-electron chi connectivity index (χ1n) is 12.1. The lowest BCUT2D eigenvalue weighted by atomic mass is 9.85. The van der Waals surface area contributed by atoms with Crippen molar-refractivity contribution >= 4 is 24.5 Å². The second-order valence-electron chi connectivity index (χ2n) is 9.63. The highest BCUT2D eigenvalue weighted by molar-refractivity contribution is 6.57. The number of aromatic nitrogens is 2. The van der Waals surface area contributed by atoms with Gasteiger partial charge in [0.25, 0.3) is 5.91 Å². The van der Waals surface area contributed by atoms with Crippen molar-refractivity contribution in [2.45, 2.75) is 77.0 Å². The maximum atomic E-state index is 13.0. The van der Waals surface area contributed by atoms with Crippen LogP contribution < -0.4 is 10.9 Å². The van der Waals surface area contributed by atoms with Crippen LogP contribution in [-0.2, 0) is 9.53 Å². The highest BCUT2D eigenvalue weighted by atomic mass is 16.5. The van der Waals surface area contributed by atoms with Crippen LogP contribution in [0.15, 0.2) is 6.07 Å². The molecule has 3 N–H and O–H groups in total. The molecule has 32 heavy (non-hydrogen) atoms. The zero-order chi connectivity index (χ0) is 22.7. The molecular formula is C22H35BN4O5. The highest BCUT2D eigenvalue weighted by Crippen LogP contribution is 2.25. The van der Waals surface area contributed by atoms with E-state index in [0.29, 0.717) is 32.5 Å². The molecule has 9 nitrogen and oxygen atoms in total. The topological polar surface area (TPSA) is 117 Å². The van der Waals surface area contributed by atoms with Gasteiger partial charge in [0.2, 0.25) is 5.91 Å². The van der Waals surface area contributed by atoms with Gasteiger partial charge in [-0.25, -0.2) is 4.68 Å². The number of hydrogen-bond acceptors (Lipinski definition) is 6. The fourth-order valence-corrected chi connectivity index (χ4v) is 5.08. The van der Waals surface area contributed by atoms with Crippen molar-refractivity contribution < 1.29 is 24.4 Å². The number of amides is 2. The quantitative estimate of drug-likeness (QED) is 0.577. The second-order valence-corrected chi connectivity index (χ2v) is 9.63. The molecule has 1 atom stereocenters. The molecule has 3 fully saturated rings. The molecule has 3 heterocycles. The fraction of sp³-hybridized carbons (Fsp3) is 0.773. The third-order valence-corrected chi connectivity index (χ3v) is 7.19. The van der Waals surface area contributed by atoms with Gasteiger partial charge in [-0.05, 0) is 69.8 Å². The molecule has 1 unspecified atom stereocenters. The van der Waals surface area contributed by atoms with Crippen LogP contribution in [-0.4, -0.2) is 69.4 Å². The summed E-state index contributed by atoms with van der Waals surface area (Å²) >= 11 is 0. The summed E-state index contributed by atoms with van der Waals surface area (Å²) in [6.45, 7) is 3.83. The Morgan fingerprint density at radius 1 is 1.09 bits per heavy atom. The summed E-state index contributed by atoms with van der Waals surface area (Å²) in [5, 5.41) is 27.1. The van der Waals surface area contributed by atoms with Crippen LogP contribution in [0.25, 0.3) is 0 Å². The number of carbonyl (C=O) groups is 2. The fourth-order valence-electron chi connectivity index (χ4n) is 5.08. The van der Waals surface area contributed by atoms with Gasteiger partial charge in [0.15, 0.2) is 0 Å². The van der Waals surface area contributed by atoms with Crippen LogP contribution in [0.2, 0.25) is 0 Å². The number of nitrogens with one attached hydrogen (secondary N) is 1. The van der Waals surface area contributed by atoms with Crippen molar-refractivity contribution in [3.8, 4) is 0 Å². The summed E-state index contributed by atoms with van der Waals surface area (Å²) in [5.41, 5.74) is 0.345. The molecule has 1 aliphatic carbocycles. The van der Waals surface area contributed by atoms with Gasteiger partial charge in [-0.15, -0.1) is 0 Å². The van der Waals surface area contributed by atoms with Gasteiger partial charge in [-0.1, -0.05) is 6.92 Å². The van der Waals surface area contributed by atoms with Crippen LogP contribution in [0.3, 0.4) is 0 Å². The van der Waals surface area contributed by atoms with Crippen molar-refractivity contribution in [2.75, 3.05) is 19.7 Å². The van der Waals surface area contributed by atoms with Gasteiger partial charge in [0.05, 0.1) is 5.59 Å². The largest absolute Gasteiger partial charge is 0.507 e.